The van der Waals surface area contributed by atoms with Gasteiger partial charge in [0, 0.05) is 19.8 Å². The lowest BCUT2D eigenvalue weighted by atomic mass is 10.1. The van der Waals surface area contributed by atoms with Gasteiger partial charge in [-0.05, 0) is 0 Å². The number of ketones is 1. The number of hydrogen-bond donors (Lipinski definition) is 1. The molecule has 1 aliphatic heterocycles. The van der Waals surface area contributed by atoms with Gasteiger partial charge in [0.05, 0.1) is 0 Å². The number of carbonyl (C=O) groups excluding carboxylic acids is 3. The van der Waals surface area contributed by atoms with E-state index in [4.69, 9.17) is 0 Å². The van der Waals surface area contributed by atoms with Crippen LogP contribution >= 0.6 is 0 Å². The van der Waals surface area contributed by atoms with E-state index in [1.54, 1.807) is 0 Å². The zero-order valence-corrected chi connectivity index (χ0v) is 6.62. The quantitative estimate of drug-likeness (QED) is 0.532. The minimum atomic E-state index is -1.07. The molecule has 1 amide bonds. The molecule has 1 aliphatic rings. The molecule has 1 atom stereocenters. The van der Waals surface area contributed by atoms with Crippen molar-refractivity contribution in [2.75, 3.05) is 0 Å². The lowest BCUT2D eigenvalue weighted by Gasteiger charge is -2.20. The molecule has 5 nitrogen and oxygen atoms in total. The number of carbonyl (C=O) groups is 3. The number of Topliss-reactive ketones (excluding diaryl/α,β-unsaturated/α-hetero) is 1. The third-order valence-electron chi connectivity index (χ3n) is 1.47. The number of esters is 1. The van der Waals surface area contributed by atoms with Crippen LogP contribution in [0, 0.1) is 0 Å². The smallest absolute Gasteiger partial charge is 0.304 e. The Morgan fingerprint density at radius 1 is 1.50 bits per heavy atom. The highest BCUT2D eigenvalue weighted by molar-refractivity contribution is 5.95. The molecule has 0 aromatic rings. The first-order chi connectivity index (χ1) is 5.59. The summed E-state index contributed by atoms with van der Waals surface area (Å²) in [6.07, 6.45) is -0.746. The molecule has 0 aromatic heterocycles. The molecule has 0 radical (unpaired) electrons. The molecular formula is C7H9NO4. The van der Waals surface area contributed by atoms with E-state index >= 15 is 0 Å². The van der Waals surface area contributed by atoms with E-state index in [1.807, 2.05) is 0 Å². The van der Waals surface area contributed by atoms with Gasteiger partial charge in [-0.1, -0.05) is 0 Å². The van der Waals surface area contributed by atoms with Gasteiger partial charge in [-0.2, -0.15) is 0 Å². The summed E-state index contributed by atoms with van der Waals surface area (Å²) in [4.78, 5) is 32.2. The first-order valence-corrected chi connectivity index (χ1v) is 3.59. The normalized spacial score (nSPS) is 23.2. The van der Waals surface area contributed by atoms with Crippen molar-refractivity contribution in [3.63, 3.8) is 0 Å². The van der Waals surface area contributed by atoms with Crippen molar-refractivity contribution < 1.29 is 19.1 Å². The highest BCUT2D eigenvalue weighted by atomic mass is 16.6. The third kappa shape index (κ3) is 2.05. The molecule has 0 saturated carbocycles. The van der Waals surface area contributed by atoms with Gasteiger partial charge in [0.15, 0.2) is 5.78 Å². The Bertz CT molecular complexity index is 234. The molecule has 1 unspecified atom stereocenters. The number of nitrogens with one attached hydrogen (secondary N) is 1. The fourth-order valence-electron chi connectivity index (χ4n) is 0.928. The molecule has 66 valence electrons. The molecule has 1 rings (SSSR count). The van der Waals surface area contributed by atoms with Crippen LogP contribution in [0.1, 0.15) is 19.8 Å². The Labute approximate surface area is 69.1 Å². The van der Waals surface area contributed by atoms with E-state index in [0.717, 1.165) is 0 Å². The Balaban J connectivity index is 2.55. The number of ether oxygens (including phenoxy) is 1. The second-order valence-electron chi connectivity index (χ2n) is 2.52. The van der Waals surface area contributed by atoms with Gasteiger partial charge < -0.3 is 10.1 Å². The lowest BCUT2D eigenvalue weighted by Crippen LogP contribution is -2.47. The summed E-state index contributed by atoms with van der Waals surface area (Å²) in [7, 11) is 0. The average molecular weight is 171 g/mol. The Morgan fingerprint density at radius 3 is 2.75 bits per heavy atom. The molecular weight excluding hydrogens is 162 g/mol. The van der Waals surface area contributed by atoms with Crippen molar-refractivity contribution in [3.05, 3.63) is 0 Å². The van der Waals surface area contributed by atoms with Gasteiger partial charge in [-0.3, -0.25) is 14.4 Å². The fraction of sp³-hybridized carbons (Fsp3) is 0.571. The topological polar surface area (TPSA) is 72.5 Å². The van der Waals surface area contributed by atoms with Gasteiger partial charge in [0.2, 0.25) is 12.1 Å². The molecule has 0 aliphatic carbocycles. The first kappa shape index (κ1) is 8.70. The van der Waals surface area contributed by atoms with E-state index in [9.17, 15) is 14.4 Å². The van der Waals surface area contributed by atoms with Crippen molar-refractivity contribution in [2.24, 2.45) is 0 Å². The van der Waals surface area contributed by atoms with Crippen molar-refractivity contribution in [3.8, 4) is 0 Å². The van der Waals surface area contributed by atoms with Crippen LogP contribution in [0.5, 0.6) is 0 Å². The molecule has 1 N–H and O–H groups in total. The summed E-state index contributed by atoms with van der Waals surface area (Å²) >= 11 is 0. The van der Waals surface area contributed by atoms with Crippen molar-refractivity contribution >= 4 is 17.7 Å². The summed E-state index contributed by atoms with van der Waals surface area (Å²) in [6, 6.07) is 0. The molecule has 1 heterocycles. The van der Waals surface area contributed by atoms with Crippen LogP contribution < -0.4 is 5.32 Å². The van der Waals surface area contributed by atoms with Crippen molar-refractivity contribution in [1.82, 2.24) is 5.32 Å². The maximum Gasteiger partial charge on any atom is 0.304 e. The summed E-state index contributed by atoms with van der Waals surface area (Å²) in [5.74, 6) is -1.10. The van der Waals surface area contributed by atoms with E-state index < -0.39 is 12.2 Å². The highest BCUT2D eigenvalue weighted by Gasteiger charge is 2.28. The molecule has 0 aromatic carbocycles. The zero-order valence-electron chi connectivity index (χ0n) is 6.62. The number of hydrogen-bond acceptors (Lipinski definition) is 4. The van der Waals surface area contributed by atoms with E-state index in [1.165, 1.54) is 6.92 Å². The summed E-state index contributed by atoms with van der Waals surface area (Å²) in [5, 5.41) is 2.27. The maximum absolute atomic E-state index is 11.0. The lowest BCUT2D eigenvalue weighted by molar-refractivity contribution is -0.159. The molecule has 5 heteroatoms. The van der Waals surface area contributed by atoms with Crippen LogP contribution in [0.4, 0.5) is 0 Å². The predicted molar refractivity (Wildman–Crippen MR) is 37.9 cm³/mol. The fourth-order valence-corrected chi connectivity index (χ4v) is 0.928. The second kappa shape index (κ2) is 3.34. The van der Waals surface area contributed by atoms with E-state index in [2.05, 4.69) is 10.1 Å². The maximum atomic E-state index is 11.0. The van der Waals surface area contributed by atoms with Crippen LogP contribution in [-0.4, -0.2) is 23.9 Å². The van der Waals surface area contributed by atoms with Crippen LogP contribution in [0.2, 0.25) is 0 Å². The van der Waals surface area contributed by atoms with E-state index in [-0.39, 0.29) is 24.5 Å². The molecule has 12 heavy (non-hydrogen) atoms. The van der Waals surface area contributed by atoms with Gasteiger partial charge >= 0.3 is 5.97 Å². The van der Waals surface area contributed by atoms with Gasteiger partial charge in [-0.25, -0.2) is 0 Å². The minimum absolute atomic E-state index is 0.143. The Kier molecular flexibility index (Phi) is 2.42. The summed E-state index contributed by atoms with van der Waals surface area (Å²) in [6.45, 7) is 1.19. The molecule has 0 spiro atoms. The van der Waals surface area contributed by atoms with Crippen LogP contribution in [0.25, 0.3) is 0 Å². The first-order valence-electron chi connectivity index (χ1n) is 3.59. The molecule has 1 saturated heterocycles. The number of rotatable bonds is 1. The van der Waals surface area contributed by atoms with E-state index in [0.29, 0.717) is 0 Å². The van der Waals surface area contributed by atoms with Crippen molar-refractivity contribution in [2.45, 2.75) is 26.0 Å². The SMILES string of the molecule is CC(=O)OC1NC(=O)CCC1=O. The Hall–Kier alpha value is -1.39. The van der Waals surface area contributed by atoms with Crippen LogP contribution in [0.3, 0.4) is 0 Å². The average Bonchev–Trinajstić information content (AvgIpc) is 1.96. The summed E-state index contributed by atoms with van der Waals surface area (Å²) in [5.41, 5.74) is 0. The second-order valence-corrected chi connectivity index (χ2v) is 2.52. The summed E-state index contributed by atoms with van der Waals surface area (Å²) < 4.78 is 4.55. The Morgan fingerprint density at radius 2 is 2.17 bits per heavy atom. The van der Waals surface area contributed by atoms with Crippen molar-refractivity contribution in [1.29, 1.82) is 0 Å². The highest BCUT2D eigenvalue weighted by Crippen LogP contribution is 2.05. The van der Waals surface area contributed by atoms with Crippen LogP contribution in [-0.2, 0) is 19.1 Å². The van der Waals surface area contributed by atoms with Crippen LogP contribution in [0.15, 0.2) is 0 Å². The molecule has 0 bridgehead atoms. The standard InChI is InChI=1S/C7H9NO4/c1-4(9)12-7-5(10)2-3-6(11)8-7/h7H,2-3H2,1H3,(H,8,11). The monoisotopic (exact) mass is 171 g/mol. The van der Waals surface area contributed by atoms with Gasteiger partial charge in [0.1, 0.15) is 0 Å². The zero-order chi connectivity index (χ0) is 9.14. The number of piperidine rings is 1. The molecule has 1 fully saturated rings. The number of amides is 1. The van der Waals surface area contributed by atoms with Gasteiger partial charge in [-0.15, -0.1) is 0 Å². The largest absolute Gasteiger partial charge is 0.434 e. The minimum Gasteiger partial charge on any atom is -0.434 e. The van der Waals surface area contributed by atoms with Gasteiger partial charge in [0.25, 0.3) is 0 Å². The predicted octanol–water partition coefficient (Wildman–Crippen LogP) is -0.645. The third-order valence-corrected chi connectivity index (χ3v) is 1.47.